The van der Waals surface area contributed by atoms with Crippen molar-refractivity contribution in [1.29, 1.82) is 0 Å². The summed E-state index contributed by atoms with van der Waals surface area (Å²) in [6.45, 7) is 2.10. The Morgan fingerprint density at radius 2 is 1.81 bits per heavy atom. The lowest BCUT2D eigenvalue weighted by atomic mass is 10.1. The molecule has 0 unspecified atom stereocenters. The number of methoxy groups -OCH3 is 1. The molecule has 7 nitrogen and oxygen atoms in total. The molecule has 2 aromatic carbocycles. The van der Waals surface area contributed by atoms with E-state index in [1.54, 1.807) is 37.3 Å². The minimum Gasteiger partial charge on any atom is -0.505 e. The van der Waals surface area contributed by atoms with Crippen LogP contribution in [0.4, 0.5) is 0 Å². The number of nitrogens with one attached hydrogen (secondary N) is 1. The van der Waals surface area contributed by atoms with Crippen LogP contribution in [0, 0.1) is 0 Å². The number of aliphatic hydroxyl groups is 1. The van der Waals surface area contributed by atoms with Gasteiger partial charge in [0, 0.05) is 6.54 Å². The van der Waals surface area contributed by atoms with Gasteiger partial charge in [0.1, 0.15) is 17.0 Å². The second-order valence-corrected chi connectivity index (χ2v) is 6.89. The summed E-state index contributed by atoms with van der Waals surface area (Å²) in [4.78, 5) is 27.9. The van der Waals surface area contributed by atoms with Gasteiger partial charge in [0.2, 0.25) is 0 Å². The van der Waals surface area contributed by atoms with Crippen molar-refractivity contribution in [2.45, 2.75) is 13.3 Å². The number of benzene rings is 2. The first-order valence-electron chi connectivity index (χ1n) is 9.80. The summed E-state index contributed by atoms with van der Waals surface area (Å²) < 4.78 is 10.2. The summed E-state index contributed by atoms with van der Waals surface area (Å²) >= 11 is 0. The molecule has 0 saturated carbocycles. The Kier molecular flexibility index (Phi) is 7.22. The smallest absolute Gasteiger partial charge is 0.343 e. The molecule has 0 spiro atoms. The molecule has 0 saturated heterocycles. The lowest BCUT2D eigenvalue weighted by Crippen LogP contribution is -2.30. The first kappa shape index (κ1) is 21.8. The molecule has 0 aliphatic carbocycles. The van der Waals surface area contributed by atoms with E-state index in [2.05, 4.69) is 15.0 Å². The fourth-order valence-corrected chi connectivity index (χ4v) is 3.05. The summed E-state index contributed by atoms with van der Waals surface area (Å²) in [6, 6.07) is 16.9. The Morgan fingerprint density at radius 1 is 1.10 bits per heavy atom. The summed E-state index contributed by atoms with van der Waals surface area (Å²) in [5.41, 5.74) is 2.66. The average Bonchev–Trinajstić information content (AvgIpc) is 3.06. The van der Waals surface area contributed by atoms with Gasteiger partial charge in [0.05, 0.1) is 12.8 Å². The third-order valence-corrected chi connectivity index (χ3v) is 4.65. The number of carbonyl (C=O) groups is 2. The topological polar surface area (TPSA) is 97.2 Å². The molecule has 0 atom stereocenters. The quantitative estimate of drug-likeness (QED) is 0.639. The molecule has 31 heavy (non-hydrogen) atoms. The van der Waals surface area contributed by atoms with Gasteiger partial charge >= 0.3 is 5.97 Å². The zero-order valence-corrected chi connectivity index (χ0v) is 17.4. The van der Waals surface area contributed by atoms with Gasteiger partial charge in [-0.2, -0.15) is 0 Å². The van der Waals surface area contributed by atoms with Crippen molar-refractivity contribution in [3.05, 3.63) is 82.8 Å². The van der Waals surface area contributed by atoms with E-state index in [9.17, 15) is 14.7 Å². The summed E-state index contributed by atoms with van der Waals surface area (Å²) in [5.74, 6) is -0.491. The number of aliphatic hydroxyl groups excluding tert-OH is 1. The van der Waals surface area contributed by atoms with Crippen LogP contribution < -0.4 is 10.1 Å². The molecule has 2 aromatic rings. The molecule has 160 valence electrons. The van der Waals surface area contributed by atoms with Crippen molar-refractivity contribution in [2.75, 3.05) is 20.3 Å². The van der Waals surface area contributed by atoms with Crippen LogP contribution in [0.2, 0.25) is 0 Å². The second-order valence-electron chi connectivity index (χ2n) is 6.89. The third-order valence-electron chi connectivity index (χ3n) is 4.65. The van der Waals surface area contributed by atoms with Crippen LogP contribution in [0.25, 0.3) is 6.08 Å². The number of hydrogen-bond acceptors (Lipinski definition) is 6. The van der Waals surface area contributed by atoms with Gasteiger partial charge in [-0.25, -0.2) is 9.79 Å². The van der Waals surface area contributed by atoms with E-state index < -0.39 is 5.97 Å². The molecular weight excluding hydrogens is 396 g/mol. The molecular formula is C24H24N2O5. The van der Waals surface area contributed by atoms with E-state index in [1.807, 2.05) is 30.3 Å². The lowest BCUT2D eigenvalue weighted by Gasteiger charge is -2.08. The highest BCUT2D eigenvalue weighted by molar-refractivity contribution is 6.21. The zero-order valence-electron chi connectivity index (χ0n) is 17.4. The molecule has 0 fully saturated rings. The van der Waals surface area contributed by atoms with Gasteiger partial charge in [-0.05, 0) is 42.7 Å². The molecule has 3 rings (SSSR count). The zero-order chi connectivity index (χ0) is 22.2. The molecule has 0 radical (unpaired) electrons. The normalized spacial score (nSPS) is 14.4. The van der Waals surface area contributed by atoms with E-state index in [0.29, 0.717) is 18.0 Å². The molecule has 2 N–H and O–H groups in total. The minimum atomic E-state index is -0.632. The van der Waals surface area contributed by atoms with Gasteiger partial charge in [0.25, 0.3) is 5.91 Å². The van der Waals surface area contributed by atoms with Gasteiger partial charge in [-0.3, -0.25) is 4.79 Å². The van der Waals surface area contributed by atoms with Crippen LogP contribution in [0.3, 0.4) is 0 Å². The number of aliphatic imine (C=N–C) groups is 1. The van der Waals surface area contributed by atoms with Crippen LogP contribution in [0.5, 0.6) is 5.75 Å². The molecule has 0 aromatic heterocycles. The fourth-order valence-electron chi connectivity index (χ4n) is 3.05. The van der Waals surface area contributed by atoms with E-state index in [0.717, 1.165) is 17.5 Å². The van der Waals surface area contributed by atoms with Gasteiger partial charge < -0.3 is 19.9 Å². The van der Waals surface area contributed by atoms with Crippen molar-refractivity contribution in [2.24, 2.45) is 4.99 Å². The number of ether oxygens (including phenoxy) is 2. The van der Waals surface area contributed by atoms with E-state index in [4.69, 9.17) is 4.74 Å². The molecule has 1 heterocycles. The average molecular weight is 420 g/mol. The number of esters is 1. The maximum absolute atomic E-state index is 12.0. The van der Waals surface area contributed by atoms with Gasteiger partial charge in [-0.1, -0.05) is 42.5 Å². The fraction of sp³-hybridized carbons (Fsp3) is 0.208. The highest BCUT2D eigenvalue weighted by Crippen LogP contribution is 2.26. The largest absolute Gasteiger partial charge is 0.505 e. The van der Waals surface area contributed by atoms with Crippen molar-refractivity contribution in [3.8, 4) is 5.75 Å². The molecule has 1 aliphatic rings. The monoisotopic (exact) mass is 420 g/mol. The van der Waals surface area contributed by atoms with Gasteiger partial charge in [0.15, 0.2) is 12.4 Å². The Morgan fingerprint density at radius 3 is 2.48 bits per heavy atom. The molecule has 0 bridgehead atoms. The SMILES string of the molecule is COC(=O)C1=C(O)/C(=C/c2ccc(OCC(=O)NCCc3ccccc3)cc2)N=C1C. The van der Waals surface area contributed by atoms with Gasteiger partial charge in [-0.15, -0.1) is 0 Å². The minimum absolute atomic E-state index is 0.0620. The Bertz CT molecular complexity index is 1040. The maximum Gasteiger partial charge on any atom is 0.343 e. The predicted molar refractivity (Wildman–Crippen MR) is 118 cm³/mol. The van der Waals surface area contributed by atoms with Crippen LogP contribution in [-0.2, 0) is 20.7 Å². The number of nitrogens with zero attached hydrogens (tertiary/aromatic N) is 1. The Labute approximate surface area is 180 Å². The standard InChI is InChI=1S/C24H24N2O5/c1-16-22(24(29)30-2)23(28)20(26-16)14-18-8-10-19(11-9-18)31-15-21(27)25-13-12-17-6-4-3-5-7-17/h3-11,14,28H,12-13,15H2,1-2H3,(H,25,27)/b20-14-. The van der Waals surface area contributed by atoms with Crippen molar-refractivity contribution in [1.82, 2.24) is 5.32 Å². The Balaban J connectivity index is 1.51. The van der Waals surface area contributed by atoms with Crippen molar-refractivity contribution in [3.63, 3.8) is 0 Å². The summed E-state index contributed by atoms with van der Waals surface area (Å²) in [5, 5.41) is 13.1. The highest BCUT2D eigenvalue weighted by Gasteiger charge is 2.27. The Hall–Kier alpha value is -3.87. The first-order valence-corrected chi connectivity index (χ1v) is 9.80. The third kappa shape index (κ3) is 5.82. The molecule has 7 heteroatoms. The number of amides is 1. The van der Waals surface area contributed by atoms with Crippen LogP contribution >= 0.6 is 0 Å². The highest BCUT2D eigenvalue weighted by atomic mass is 16.5. The molecule has 1 amide bonds. The maximum atomic E-state index is 12.0. The molecule has 1 aliphatic heterocycles. The number of hydrogen-bond donors (Lipinski definition) is 2. The first-order chi connectivity index (χ1) is 15.0. The summed E-state index contributed by atoms with van der Waals surface area (Å²) in [6.07, 6.45) is 2.41. The van der Waals surface area contributed by atoms with Crippen molar-refractivity contribution >= 4 is 23.7 Å². The van der Waals surface area contributed by atoms with E-state index in [1.165, 1.54) is 7.11 Å². The number of carbonyl (C=O) groups excluding carboxylic acids is 2. The van der Waals surface area contributed by atoms with Crippen LogP contribution in [0.15, 0.2) is 76.6 Å². The number of rotatable bonds is 8. The summed E-state index contributed by atoms with van der Waals surface area (Å²) in [7, 11) is 1.25. The predicted octanol–water partition coefficient (Wildman–Crippen LogP) is 3.22. The van der Waals surface area contributed by atoms with Crippen LogP contribution in [-0.4, -0.2) is 43.0 Å². The van der Waals surface area contributed by atoms with E-state index in [-0.39, 0.29) is 29.5 Å². The van der Waals surface area contributed by atoms with E-state index >= 15 is 0 Å². The van der Waals surface area contributed by atoms with Crippen molar-refractivity contribution < 1.29 is 24.2 Å². The lowest BCUT2D eigenvalue weighted by molar-refractivity contribution is -0.135. The second kappa shape index (κ2) is 10.2. The van der Waals surface area contributed by atoms with Crippen LogP contribution in [0.1, 0.15) is 18.1 Å².